The quantitative estimate of drug-likeness (QED) is 0.673. The molecule has 1 saturated heterocycles. The molecule has 0 radical (unpaired) electrons. The zero-order valence-electron chi connectivity index (χ0n) is 16.3. The van der Waals surface area contributed by atoms with E-state index in [4.69, 9.17) is 4.74 Å². The molecule has 31 heavy (non-hydrogen) atoms. The fourth-order valence-corrected chi connectivity index (χ4v) is 4.75. The fourth-order valence-electron chi connectivity index (χ4n) is 3.69. The number of rotatable bonds is 5. The molecule has 1 N–H and O–H groups in total. The first-order valence-electron chi connectivity index (χ1n) is 9.86. The van der Waals surface area contributed by atoms with Crippen LogP contribution in [0.3, 0.4) is 0 Å². The van der Waals surface area contributed by atoms with Crippen molar-refractivity contribution in [3.63, 3.8) is 0 Å². The van der Waals surface area contributed by atoms with E-state index in [9.17, 15) is 26.7 Å². The van der Waals surface area contributed by atoms with Gasteiger partial charge >= 0.3 is 6.36 Å². The summed E-state index contributed by atoms with van der Waals surface area (Å²) >= 11 is 1.60. The lowest BCUT2D eigenvalue weighted by Crippen LogP contribution is -2.50. The van der Waals surface area contributed by atoms with Crippen LogP contribution in [0.2, 0.25) is 0 Å². The maximum atomic E-state index is 14.5. The first-order valence-corrected chi connectivity index (χ1v) is 10.9. The molecular formula is C19H20F5N3O3S. The van der Waals surface area contributed by atoms with Crippen molar-refractivity contribution < 1.29 is 31.4 Å². The zero-order valence-corrected chi connectivity index (χ0v) is 17.1. The van der Waals surface area contributed by atoms with E-state index in [0.717, 1.165) is 12.8 Å². The van der Waals surface area contributed by atoms with Gasteiger partial charge in [0, 0.05) is 18.5 Å². The number of aliphatic imine (C=N–C) groups is 1. The second kappa shape index (κ2) is 8.99. The highest BCUT2D eigenvalue weighted by Crippen LogP contribution is 2.33. The molecule has 2 heterocycles. The number of thioether (sulfide) groups is 1. The molecule has 0 amide bonds. The van der Waals surface area contributed by atoms with Crippen LogP contribution >= 0.6 is 11.8 Å². The third-order valence-corrected chi connectivity index (χ3v) is 6.71. The second-order valence-electron chi connectivity index (χ2n) is 7.62. The molecule has 6 nitrogen and oxygen atoms in total. The molecule has 12 heteroatoms. The Kier molecular flexibility index (Phi) is 6.50. The van der Waals surface area contributed by atoms with Gasteiger partial charge < -0.3 is 9.72 Å². The predicted octanol–water partition coefficient (Wildman–Crippen LogP) is 1.90. The summed E-state index contributed by atoms with van der Waals surface area (Å²) in [6.45, 7) is 1.35. The summed E-state index contributed by atoms with van der Waals surface area (Å²) in [6, 6.07) is -0.614. The Hall–Kier alpha value is -1.79. The van der Waals surface area contributed by atoms with E-state index in [1.165, 1.54) is 6.08 Å². The lowest BCUT2D eigenvalue weighted by Gasteiger charge is -2.33. The first-order chi connectivity index (χ1) is 14.7. The molecule has 0 aromatic carbocycles. The Morgan fingerprint density at radius 3 is 2.68 bits per heavy atom. The Bertz CT molecular complexity index is 1030. The van der Waals surface area contributed by atoms with Gasteiger partial charge in [-0.05, 0) is 31.8 Å². The van der Waals surface area contributed by atoms with Crippen molar-refractivity contribution in [2.75, 3.05) is 13.2 Å². The predicted molar refractivity (Wildman–Crippen MR) is 105 cm³/mol. The van der Waals surface area contributed by atoms with Gasteiger partial charge in [-0.25, -0.2) is 13.8 Å². The average Bonchev–Trinajstić information content (AvgIpc) is 2.68. The standard InChI is InChI=1S/C19H20F5N3O3S/c20-16-13(25-9-5-10(6-9)30-19(22,23)24)7-12-15(17(16)21)18(28)27-14(26-12)8-31-11-1-3-29-4-2-11/h7,9-11,16H,1-6,8H2,(H,26,27,28). The van der Waals surface area contributed by atoms with Crippen LogP contribution in [0, 0.1) is 0 Å². The van der Waals surface area contributed by atoms with Crippen LogP contribution in [0.15, 0.2) is 9.79 Å². The number of aromatic amines is 1. The van der Waals surface area contributed by atoms with Gasteiger partial charge in [0.05, 0.1) is 29.0 Å². The third-order valence-electron chi connectivity index (χ3n) is 5.33. The molecule has 0 bridgehead atoms. The summed E-state index contributed by atoms with van der Waals surface area (Å²) in [4.78, 5) is 23.1. The molecular weight excluding hydrogens is 445 g/mol. The van der Waals surface area contributed by atoms with Crippen molar-refractivity contribution >= 4 is 29.4 Å². The minimum absolute atomic E-state index is 0.0288. The summed E-state index contributed by atoms with van der Waals surface area (Å²) in [5.74, 6) is -0.563. The van der Waals surface area contributed by atoms with E-state index in [2.05, 4.69) is 19.7 Å². The van der Waals surface area contributed by atoms with Gasteiger partial charge in [-0.3, -0.25) is 14.5 Å². The Balaban J connectivity index is 1.52. The molecule has 2 fully saturated rings. The number of H-pyrrole nitrogens is 1. The van der Waals surface area contributed by atoms with E-state index in [1.54, 1.807) is 11.8 Å². The van der Waals surface area contributed by atoms with Crippen LogP contribution in [-0.2, 0) is 15.2 Å². The van der Waals surface area contributed by atoms with E-state index < -0.39 is 41.3 Å². The van der Waals surface area contributed by atoms with Gasteiger partial charge in [0.25, 0.3) is 5.56 Å². The molecule has 1 saturated carbocycles. The summed E-state index contributed by atoms with van der Waals surface area (Å²) in [5, 5.41) is -0.141. The van der Waals surface area contributed by atoms with Crippen molar-refractivity contribution in [2.45, 2.75) is 61.4 Å². The fraction of sp³-hybridized carbons (Fsp3) is 0.632. The maximum absolute atomic E-state index is 14.5. The van der Waals surface area contributed by atoms with Gasteiger partial charge in [0.1, 0.15) is 11.0 Å². The monoisotopic (exact) mass is 465 g/mol. The molecule has 1 aromatic heterocycles. The Labute approximate surface area is 177 Å². The average molecular weight is 465 g/mol. The molecule has 1 aromatic rings. The van der Waals surface area contributed by atoms with Crippen LogP contribution in [0.5, 0.6) is 0 Å². The molecule has 1 aliphatic heterocycles. The van der Waals surface area contributed by atoms with E-state index >= 15 is 0 Å². The van der Waals surface area contributed by atoms with Crippen LogP contribution in [-0.4, -0.2) is 58.8 Å². The number of nitrogens with zero attached hydrogens (tertiary/aromatic N) is 2. The molecule has 170 valence electrons. The maximum Gasteiger partial charge on any atom is 0.522 e. The summed E-state index contributed by atoms with van der Waals surface area (Å²) in [6.07, 6.45) is -5.19. The zero-order chi connectivity index (χ0) is 22.2. The summed E-state index contributed by atoms with van der Waals surface area (Å²) < 4.78 is 74.9. The third kappa shape index (κ3) is 5.35. The molecule has 1 atom stereocenters. The van der Waals surface area contributed by atoms with Crippen LogP contribution in [0.25, 0.3) is 11.9 Å². The molecule has 0 spiro atoms. The van der Waals surface area contributed by atoms with Crippen molar-refractivity contribution in [2.24, 2.45) is 4.99 Å². The van der Waals surface area contributed by atoms with Gasteiger partial charge in [0.2, 0.25) is 0 Å². The van der Waals surface area contributed by atoms with Gasteiger partial charge in [0.15, 0.2) is 12.0 Å². The van der Waals surface area contributed by atoms with Crippen molar-refractivity contribution in [3.8, 4) is 0 Å². The second-order valence-corrected chi connectivity index (χ2v) is 8.90. The van der Waals surface area contributed by atoms with Crippen LogP contribution in [0.4, 0.5) is 22.0 Å². The minimum atomic E-state index is -4.74. The van der Waals surface area contributed by atoms with Crippen LogP contribution in [0.1, 0.15) is 31.5 Å². The van der Waals surface area contributed by atoms with Crippen LogP contribution < -0.4 is 16.1 Å². The lowest BCUT2D eigenvalue weighted by molar-refractivity contribution is -0.351. The number of nitrogens with one attached hydrogen (secondary N) is 1. The summed E-state index contributed by atoms with van der Waals surface area (Å²) in [5.41, 5.74) is -1.06. The largest absolute Gasteiger partial charge is 0.522 e. The number of aromatic nitrogens is 2. The SMILES string of the molecule is O=c1[nH]c(CSC2CCOCC2)nc2c1=C(F)C(F)C(=NC1CC(OC(F)(F)F)C1)C=2. The van der Waals surface area contributed by atoms with Crippen molar-refractivity contribution in [1.82, 2.24) is 9.97 Å². The van der Waals surface area contributed by atoms with Crippen molar-refractivity contribution in [3.05, 3.63) is 26.7 Å². The van der Waals surface area contributed by atoms with E-state index in [1.807, 2.05) is 0 Å². The molecule has 4 rings (SSSR count). The molecule has 3 aliphatic rings. The minimum Gasteiger partial charge on any atom is -0.381 e. The highest BCUT2D eigenvalue weighted by Gasteiger charge is 2.40. The molecule has 2 aliphatic carbocycles. The van der Waals surface area contributed by atoms with Gasteiger partial charge in [-0.15, -0.1) is 13.2 Å². The molecule has 1 unspecified atom stereocenters. The highest BCUT2D eigenvalue weighted by atomic mass is 32.2. The number of fused-ring (bicyclic) bond motifs is 1. The smallest absolute Gasteiger partial charge is 0.381 e. The topological polar surface area (TPSA) is 76.6 Å². The number of hydrogen-bond acceptors (Lipinski definition) is 6. The summed E-state index contributed by atoms with van der Waals surface area (Å²) in [7, 11) is 0. The number of hydrogen-bond donors (Lipinski definition) is 1. The number of halogens is 5. The number of ether oxygens (including phenoxy) is 2. The van der Waals surface area contributed by atoms with Gasteiger partial charge in [-0.2, -0.15) is 11.8 Å². The Morgan fingerprint density at radius 1 is 1.29 bits per heavy atom. The van der Waals surface area contributed by atoms with E-state index in [-0.39, 0.29) is 23.9 Å². The normalized spacial score (nSPS) is 28.2. The Morgan fingerprint density at radius 2 is 2.00 bits per heavy atom. The first kappa shape index (κ1) is 22.4. The highest BCUT2D eigenvalue weighted by molar-refractivity contribution is 7.99. The van der Waals surface area contributed by atoms with Gasteiger partial charge in [-0.1, -0.05) is 0 Å². The van der Waals surface area contributed by atoms with E-state index in [0.29, 0.717) is 30.0 Å². The lowest BCUT2D eigenvalue weighted by atomic mass is 9.89. The van der Waals surface area contributed by atoms with Crippen molar-refractivity contribution in [1.29, 1.82) is 0 Å². The number of alkyl halides is 4.